The molecule has 0 amide bonds. The minimum Gasteiger partial charge on any atom is -0.468 e. The van der Waals surface area contributed by atoms with Gasteiger partial charge in [0, 0.05) is 25.1 Å². The van der Waals surface area contributed by atoms with Gasteiger partial charge in [0.25, 0.3) is 0 Å². The molecule has 0 bridgehead atoms. The quantitative estimate of drug-likeness (QED) is 0.835. The van der Waals surface area contributed by atoms with Crippen LogP contribution in [0.5, 0.6) is 0 Å². The van der Waals surface area contributed by atoms with Gasteiger partial charge in [-0.1, -0.05) is 0 Å². The van der Waals surface area contributed by atoms with Gasteiger partial charge < -0.3 is 13.9 Å². The Morgan fingerprint density at radius 2 is 2.38 bits per heavy atom. The van der Waals surface area contributed by atoms with Gasteiger partial charge in [0.15, 0.2) is 0 Å². The number of piperidine rings is 1. The van der Waals surface area contributed by atoms with Gasteiger partial charge in [-0.2, -0.15) is 0 Å². The second-order valence-electron chi connectivity index (χ2n) is 6.76. The Hall–Kier alpha value is -0.840. The minimum absolute atomic E-state index is 0.160. The maximum atomic E-state index is 6.07. The van der Waals surface area contributed by atoms with E-state index in [0.29, 0.717) is 6.10 Å². The first-order chi connectivity index (χ1) is 10.2. The van der Waals surface area contributed by atoms with Crippen LogP contribution >= 0.6 is 0 Å². The molecule has 2 fully saturated rings. The highest BCUT2D eigenvalue weighted by Gasteiger charge is 2.46. The minimum atomic E-state index is 0.160. The van der Waals surface area contributed by atoms with Crippen LogP contribution in [0.4, 0.5) is 0 Å². The number of ether oxygens (including phenoxy) is 2. The molecule has 3 rings (SSSR count). The van der Waals surface area contributed by atoms with E-state index < -0.39 is 0 Å². The van der Waals surface area contributed by atoms with Crippen molar-refractivity contribution < 1.29 is 13.9 Å². The predicted molar refractivity (Wildman–Crippen MR) is 81.1 cm³/mol. The highest BCUT2D eigenvalue weighted by atomic mass is 16.5. The maximum absolute atomic E-state index is 6.07. The lowest BCUT2D eigenvalue weighted by Gasteiger charge is -2.50. The molecule has 0 radical (unpaired) electrons. The molecule has 3 heterocycles. The first-order valence-corrected chi connectivity index (χ1v) is 8.16. The zero-order valence-corrected chi connectivity index (χ0v) is 13.2. The van der Waals surface area contributed by atoms with E-state index in [4.69, 9.17) is 13.9 Å². The third-order valence-electron chi connectivity index (χ3n) is 4.73. The monoisotopic (exact) mass is 293 g/mol. The summed E-state index contributed by atoms with van der Waals surface area (Å²) in [6, 6.07) is 4.02. The number of hydrogen-bond acceptors (Lipinski definition) is 4. The molecule has 0 N–H and O–H groups in total. The van der Waals surface area contributed by atoms with Gasteiger partial charge in [-0.05, 0) is 45.2 Å². The molecule has 118 valence electrons. The number of fused-ring (bicyclic) bond motifs is 1. The van der Waals surface area contributed by atoms with E-state index in [1.807, 2.05) is 6.07 Å². The number of nitrogens with zero attached hydrogens (tertiary/aromatic N) is 1. The van der Waals surface area contributed by atoms with Crippen molar-refractivity contribution in [2.45, 2.75) is 51.9 Å². The van der Waals surface area contributed by atoms with E-state index in [0.717, 1.165) is 51.4 Å². The molecule has 4 heteroatoms. The molecule has 0 unspecified atom stereocenters. The molecule has 0 spiro atoms. The van der Waals surface area contributed by atoms with Crippen molar-refractivity contribution in [1.29, 1.82) is 0 Å². The van der Waals surface area contributed by atoms with Crippen molar-refractivity contribution in [3.63, 3.8) is 0 Å². The predicted octanol–water partition coefficient (Wildman–Crippen LogP) is 3.08. The molecule has 4 nitrogen and oxygen atoms in total. The van der Waals surface area contributed by atoms with E-state index in [9.17, 15) is 0 Å². The molecule has 2 aliphatic rings. The largest absolute Gasteiger partial charge is 0.468 e. The Morgan fingerprint density at radius 1 is 1.48 bits per heavy atom. The molecule has 2 aliphatic heterocycles. The average Bonchev–Trinajstić information content (AvgIpc) is 2.98. The summed E-state index contributed by atoms with van der Waals surface area (Å²) in [6.07, 6.45) is 5.84. The summed E-state index contributed by atoms with van der Waals surface area (Å²) in [5.41, 5.74) is 0.160. The van der Waals surface area contributed by atoms with Gasteiger partial charge in [0.2, 0.25) is 0 Å². The fourth-order valence-electron chi connectivity index (χ4n) is 3.68. The molecule has 0 saturated carbocycles. The molecule has 1 aromatic rings. The van der Waals surface area contributed by atoms with E-state index in [1.54, 1.807) is 6.26 Å². The summed E-state index contributed by atoms with van der Waals surface area (Å²) in [7, 11) is 0. The second-order valence-corrected chi connectivity index (χ2v) is 6.76. The first kappa shape index (κ1) is 15.1. The van der Waals surface area contributed by atoms with Crippen LogP contribution < -0.4 is 0 Å². The van der Waals surface area contributed by atoms with Crippen LogP contribution in [0.3, 0.4) is 0 Å². The fourth-order valence-corrected chi connectivity index (χ4v) is 3.68. The van der Waals surface area contributed by atoms with Crippen molar-refractivity contribution in [3.8, 4) is 0 Å². The third-order valence-corrected chi connectivity index (χ3v) is 4.73. The molecule has 0 aliphatic carbocycles. The Balaban J connectivity index is 1.68. The van der Waals surface area contributed by atoms with Crippen LogP contribution in [-0.2, 0) is 16.0 Å². The topological polar surface area (TPSA) is 34.8 Å². The van der Waals surface area contributed by atoms with Crippen LogP contribution in [0.25, 0.3) is 0 Å². The van der Waals surface area contributed by atoms with Crippen LogP contribution in [0.15, 0.2) is 22.8 Å². The van der Waals surface area contributed by atoms with E-state index >= 15 is 0 Å². The average molecular weight is 293 g/mol. The zero-order chi connectivity index (χ0) is 14.7. The molecule has 0 aromatic carbocycles. The van der Waals surface area contributed by atoms with E-state index in [-0.39, 0.29) is 11.5 Å². The summed E-state index contributed by atoms with van der Waals surface area (Å²) in [5, 5.41) is 0. The third kappa shape index (κ3) is 3.50. The Kier molecular flexibility index (Phi) is 4.67. The van der Waals surface area contributed by atoms with Crippen molar-refractivity contribution >= 4 is 0 Å². The van der Waals surface area contributed by atoms with E-state index in [2.05, 4.69) is 24.8 Å². The molecular weight excluding hydrogens is 266 g/mol. The highest BCUT2D eigenvalue weighted by molar-refractivity contribution is 5.01. The highest BCUT2D eigenvalue weighted by Crippen LogP contribution is 2.41. The van der Waals surface area contributed by atoms with E-state index in [1.165, 1.54) is 6.42 Å². The van der Waals surface area contributed by atoms with Crippen molar-refractivity contribution in [2.24, 2.45) is 5.41 Å². The lowest BCUT2D eigenvalue weighted by molar-refractivity contribution is -0.160. The Bertz CT molecular complexity index is 431. The van der Waals surface area contributed by atoms with Gasteiger partial charge in [-0.15, -0.1) is 0 Å². The normalized spacial score (nSPS) is 30.5. The van der Waals surface area contributed by atoms with Crippen LogP contribution in [-0.4, -0.2) is 43.4 Å². The smallest absolute Gasteiger partial charge is 0.117 e. The van der Waals surface area contributed by atoms with Crippen LogP contribution in [0.2, 0.25) is 0 Å². The van der Waals surface area contributed by atoms with Gasteiger partial charge in [-0.3, -0.25) is 4.90 Å². The van der Waals surface area contributed by atoms with Crippen molar-refractivity contribution in [3.05, 3.63) is 24.2 Å². The fraction of sp³-hybridized carbons (Fsp3) is 0.765. The van der Waals surface area contributed by atoms with Gasteiger partial charge in [0.05, 0.1) is 31.6 Å². The number of likely N-dealkylation sites (tertiary alicyclic amines) is 1. The summed E-state index contributed by atoms with van der Waals surface area (Å²) < 4.78 is 17.6. The summed E-state index contributed by atoms with van der Waals surface area (Å²) in [5.74, 6) is 1.05. The van der Waals surface area contributed by atoms with Crippen LogP contribution in [0, 0.1) is 5.41 Å². The molecule has 2 atom stereocenters. The van der Waals surface area contributed by atoms with Gasteiger partial charge in [-0.25, -0.2) is 0 Å². The molecular formula is C17H27NO3. The first-order valence-electron chi connectivity index (χ1n) is 8.16. The standard InChI is InChI=1S/C17H27NO3/c1-14(2)21-13-17-7-4-10-20-16(17)6-8-18(12-17)11-15-5-3-9-19-15/h3,5,9,14,16H,4,6-8,10-13H2,1-2H3/t16-,17-/m1/s1. The van der Waals surface area contributed by atoms with Crippen LogP contribution in [0.1, 0.15) is 38.9 Å². The Morgan fingerprint density at radius 3 is 3.14 bits per heavy atom. The summed E-state index contributed by atoms with van der Waals surface area (Å²) >= 11 is 0. The number of furan rings is 1. The summed E-state index contributed by atoms with van der Waals surface area (Å²) in [6.45, 7) is 8.96. The SMILES string of the molecule is CC(C)OC[C@]12CCCO[C@@H]1CCN(Cc1ccco1)C2. The Labute approximate surface area is 127 Å². The lowest BCUT2D eigenvalue weighted by atomic mass is 9.73. The number of rotatable bonds is 5. The molecule has 2 saturated heterocycles. The van der Waals surface area contributed by atoms with Gasteiger partial charge >= 0.3 is 0 Å². The molecule has 1 aromatic heterocycles. The number of hydrogen-bond donors (Lipinski definition) is 0. The van der Waals surface area contributed by atoms with Crippen molar-refractivity contribution in [2.75, 3.05) is 26.3 Å². The lowest BCUT2D eigenvalue weighted by Crippen LogP contribution is -2.56. The summed E-state index contributed by atoms with van der Waals surface area (Å²) in [4.78, 5) is 2.49. The maximum Gasteiger partial charge on any atom is 0.117 e. The zero-order valence-electron chi connectivity index (χ0n) is 13.2. The molecule has 21 heavy (non-hydrogen) atoms. The van der Waals surface area contributed by atoms with Gasteiger partial charge in [0.1, 0.15) is 5.76 Å². The second kappa shape index (κ2) is 6.51. The van der Waals surface area contributed by atoms with Crippen molar-refractivity contribution in [1.82, 2.24) is 4.90 Å².